The van der Waals surface area contributed by atoms with Crippen LogP contribution in [-0.4, -0.2) is 35.2 Å². The lowest BCUT2D eigenvalue weighted by atomic mass is 10.1. The predicted molar refractivity (Wildman–Crippen MR) is 119 cm³/mol. The standard InChI is InChI=1S/C23H32N2O3S/c1-28-23-10-6-8-21(18-23)19-29(26,27)24-15-7-9-20-11-13-22(14-12-20)25-16-4-2-3-5-17-25/h6,8,10-14,18,24H,2-5,7,9,15-17,19H2,1H3. The molecule has 0 aromatic heterocycles. The molecular weight excluding hydrogens is 384 g/mol. The highest BCUT2D eigenvalue weighted by molar-refractivity contribution is 7.88. The molecule has 2 aromatic carbocycles. The van der Waals surface area contributed by atoms with Crippen LogP contribution in [0.15, 0.2) is 48.5 Å². The highest BCUT2D eigenvalue weighted by Gasteiger charge is 2.12. The summed E-state index contributed by atoms with van der Waals surface area (Å²) in [7, 11) is -1.78. The summed E-state index contributed by atoms with van der Waals surface area (Å²) in [5.41, 5.74) is 3.27. The van der Waals surface area contributed by atoms with E-state index in [1.165, 1.54) is 36.9 Å². The molecule has 0 unspecified atom stereocenters. The maximum atomic E-state index is 12.3. The average Bonchev–Trinajstić information content (AvgIpc) is 3.01. The molecule has 0 saturated carbocycles. The second kappa shape index (κ2) is 10.6. The summed E-state index contributed by atoms with van der Waals surface area (Å²) in [6, 6.07) is 15.9. The lowest BCUT2D eigenvalue weighted by Gasteiger charge is -2.22. The van der Waals surface area contributed by atoms with Crippen molar-refractivity contribution in [1.29, 1.82) is 0 Å². The topological polar surface area (TPSA) is 58.6 Å². The normalized spacial score (nSPS) is 15.1. The van der Waals surface area contributed by atoms with Gasteiger partial charge in [-0.1, -0.05) is 37.1 Å². The lowest BCUT2D eigenvalue weighted by Crippen LogP contribution is -2.26. The van der Waals surface area contributed by atoms with Crippen molar-refractivity contribution < 1.29 is 13.2 Å². The van der Waals surface area contributed by atoms with Crippen LogP contribution in [0.1, 0.15) is 43.2 Å². The van der Waals surface area contributed by atoms with Crippen LogP contribution >= 0.6 is 0 Å². The van der Waals surface area contributed by atoms with Crippen LogP contribution in [0.5, 0.6) is 5.75 Å². The molecule has 1 N–H and O–H groups in total. The molecule has 0 aliphatic carbocycles. The summed E-state index contributed by atoms with van der Waals surface area (Å²) >= 11 is 0. The average molecular weight is 417 g/mol. The van der Waals surface area contributed by atoms with Gasteiger partial charge in [0.05, 0.1) is 12.9 Å². The zero-order valence-electron chi connectivity index (χ0n) is 17.3. The molecular formula is C23H32N2O3S. The van der Waals surface area contributed by atoms with E-state index in [2.05, 4.69) is 33.9 Å². The number of hydrogen-bond acceptors (Lipinski definition) is 4. The van der Waals surface area contributed by atoms with E-state index in [1.54, 1.807) is 25.3 Å². The molecule has 5 nitrogen and oxygen atoms in total. The fraction of sp³-hybridized carbons (Fsp3) is 0.478. The van der Waals surface area contributed by atoms with Gasteiger partial charge < -0.3 is 9.64 Å². The van der Waals surface area contributed by atoms with Gasteiger partial charge in [0.1, 0.15) is 5.75 Å². The second-order valence-corrected chi connectivity index (χ2v) is 9.48. The molecule has 0 atom stereocenters. The number of rotatable bonds is 9. The van der Waals surface area contributed by atoms with Gasteiger partial charge in [0.2, 0.25) is 10.0 Å². The van der Waals surface area contributed by atoms with Crippen molar-refractivity contribution in [1.82, 2.24) is 4.72 Å². The minimum absolute atomic E-state index is 0.0330. The number of hydrogen-bond donors (Lipinski definition) is 1. The number of methoxy groups -OCH3 is 1. The molecule has 1 saturated heterocycles. The fourth-order valence-electron chi connectivity index (χ4n) is 3.76. The zero-order valence-corrected chi connectivity index (χ0v) is 18.1. The van der Waals surface area contributed by atoms with Crippen LogP contribution in [0.4, 0.5) is 5.69 Å². The Bertz CT molecular complexity index is 858. The Morgan fingerprint density at radius 1 is 0.966 bits per heavy atom. The molecule has 0 bridgehead atoms. The van der Waals surface area contributed by atoms with Gasteiger partial charge in [-0.15, -0.1) is 0 Å². The first-order chi connectivity index (χ1) is 14.1. The minimum atomic E-state index is -3.35. The number of nitrogens with zero attached hydrogens (tertiary/aromatic N) is 1. The maximum absolute atomic E-state index is 12.3. The second-order valence-electron chi connectivity index (χ2n) is 7.68. The van der Waals surface area contributed by atoms with Crippen molar-refractivity contribution in [3.63, 3.8) is 0 Å². The SMILES string of the molecule is COc1cccc(CS(=O)(=O)NCCCc2ccc(N3CCCCCC3)cc2)c1. The first kappa shape index (κ1) is 21.7. The molecule has 1 aliphatic heterocycles. The monoisotopic (exact) mass is 416 g/mol. The molecule has 0 radical (unpaired) electrons. The molecule has 0 spiro atoms. The number of nitrogens with one attached hydrogen (secondary N) is 1. The first-order valence-corrected chi connectivity index (χ1v) is 12.2. The van der Waals surface area contributed by atoms with E-state index in [1.807, 2.05) is 6.07 Å². The van der Waals surface area contributed by atoms with Gasteiger partial charge in [-0.05, 0) is 61.1 Å². The van der Waals surface area contributed by atoms with Gasteiger partial charge in [-0.2, -0.15) is 0 Å². The van der Waals surface area contributed by atoms with Gasteiger partial charge in [0.25, 0.3) is 0 Å². The number of aryl methyl sites for hydroxylation is 1. The summed E-state index contributed by atoms with van der Waals surface area (Å²) in [5.74, 6) is 0.635. The third kappa shape index (κ3) is 7.05. The largest absolute Gasteiger partial charge is 0.497 e. The van der Waals surface area contributed by atoms with E-state index in [4.69, 9.17) is 4.74 Å². The van der Waals surface area contributed by atoms with Crippen molar-refractivity contribution in [2.45, 2.75) is 44.3 Å². The Labute approximate surface area is 175 Å². The van der Waals surface area contributed by atoms with Crippen LogP contribution < -0.4 is 14.4 Å². The van der Waals surface area contributed by atoms with Crippen molar-refractivity contribution >= 4 is 15.7 Å². The fourth-order valence-corrected chi connectivity index (χ4v) is 4.93. The molecule has 158 valence electrons. The molecule has 29 heavy (non-hydrogen) atoms. The van der Waals surface area contributed by atoms with Gasteiger partial charge in [0, 0.05) is 25.3 Å². The van der Waals surface area contributed by atoms with E-state index in [-0.39, 0.29) is 5.75 Å². The van der Waals surface area contributed by atoms with Crippen LogP contribution in [0.2, 0.25) is 0 Å². The number of benzene rings is 2. The van der Waals surface area contributed by atoms with E-state index in [0.29, 0.717) is 12.3 Å². The van der Waals surface area contributed by atoms with E-state index < -0.39 is 10.0 Å². The zero-order chi connectivity index (χ0) is 20.5. The van der Waals surface area contributed by atoms with E-state index in [0.717, 1.165) is 31.5 Å². The third-order valence-electron chi connectivity index (χ3n) is 5.36. The van der Waals surface area contributed by atoms with Crippen molar-refractivity contribution in [2.24, 2.45) is 0 Å². The highest BCUT2D eigenvalue weighted by atomic mass is 32.2. The van der Waals surface area contributed by atoms with E-state index in [9.17, 15) is 8.42 Å². The third-order valence-corrected chi connectivity index (χ3v) is 6.72. The Morgan fingerprint density at radius 3 is 2.38 bits per heavy atom. The van der Waals surface area contributed by atoms with Gasteiger partial charge in [-0.25, -0.2) is 13.1 Å². The van der Waals surface area contributed by atoms with Gasteiger partial charge >= 0.3 is 0 Å². The van der Waals surface area contributed by atoms with Crippen LogP contribution in [0.3, 0.4) is 0 Å². The smallest absolute Gasteiger partial charge is 0.215 e. The van der Waals surface area contributed by atoms with Gasteiger partial charge in [-0.3, -0.25) is 0 Å². The molecule has 1 fully saturated rings. The summed E-state index contributed by atoms with van der Waals surface area (Å²) < 4.78 is 32.5. The van der Waals surface area contributed by atoms with Crippen LogP contribution in [0.25, 0.3) is 0 Å². The van der Waals surface area contributed by atoms with Crippen LogP contribution in [0, 0.1) is 0 Å². The lowest BCUT2D eigenvalue weighted by molar-refractivity contribution is 0.414. The molecule has 1 heterocycles. The molecule has 1 aliphatic rings. The Hall–Kier alpha value is -2.05. The number of ether oxygens (including phenoxy) is 1. The van der Waals surface area contributed by atoms with E-state index >= 15 is 0 Å². The summed E-state index contributed by atoms with van der Waals surface area (Å²) in [5, 5.41) is 0. The molecule has 6 heteroatoms. The highest BCUT2D eigenvalue weighted by Crippen LogP contribution is 2.20. The molecule has 3 rings (SSSR count). The Morgan fingerprint density at radius 2 is 1.69 bits per heavy atom. The summed E-state index contributed by atoms with van der Waals surface area (Å²) in [6.45, 7) is 2.74. The number of sulfonamides is 1. The Kier molecular flexibility index (Phi) is 7.95. The first-order valence-electron chi connectivity index (χ1n) is 10.5. The molecule has 2 aromatic rings. The minimum Gasteiger partial charge on any atom is -0.497 e. The van der Waals surface area contributed by atoms with Gasteiger partial charge in [0.15, 0.2) is 0 Å². The number of anilines is 1. The molecule has 0 amide bonds. The van der Waals surface area contributed by atoms with Crippen molar-refractivity contribution in [3.05, 3.63) is 59.7 Å². The van der Waals surface area contributed by atoms with Crippen molar-refractivity contribution in [2.75, 3.05) is 31.6 Å². The predicted octanol–water partition coefficient (Wildman–Crippen LogP) is 4.13. The van der Waals surface area contributed by atoms with Crippen molar-refractivity contribution in [3.8, 4) is 5.75 Å². The van der Waals surface area contributed by atoms with Crippen LogP contribution in [-0.2, 0) is 22.2 Å². The Balaban J connectivity index is 1.43. The maximum Gasteiger partial charge on any atom is 0.215 e. The summed E-state index contributed by atoms with van der Waals surface area (Å²) in [6.07, 6.45) is 6.86. The quantitative estimate of drug-likeness (QED) is 0.625. The summed E-state index contributed by atoms with van der Waals surface area (Å²) in [4.78, 5) is 2.48.